The van der Waals surface area contributed by atoms with Gasteiger partial charge in [0.1, 0.15) is 0 Å². The fourth-order valence-corrected chi connectivity index (χ4v) is 1.19. The fraction of sp³-hybridized carbons (Fsp3) is 0. The minimum absolute atomic E-state index is 0.698. The lowest BCUT2D eigenvalue weighted by Crippen LogP contribution is -1.96. The largest absolute Gasteiger partial charge is 0.397 e. The molecule has 0 atom stereocenters. The van der Waals surface area contributed by atoms with Gasteiger partial charge in [-0.05, 0) is 18.2 Å². The van der Waals surface area contributed by atoms with Crippen molar-refractivity contribution in [1.29, 1.82) is 0 Å². The zero-order chi connectivity index (χ0) is 9.80. The summed E-state index contributed by atoms with van der Waals surface area (Å²) in [6.45, 7) is 0. The molecule has 0 spiro atoms. The second-order valence-electron chi connectivity index (χ2n) is 2.95. The Morgan fingerprint density at radius 3 is 2.57 bits per heavy atom. The van der Waals surface area contributed by atoms with Crippen LogP contribution < -0.4 is 11.1 Å². The molecule has 14 heavy (non-hydrogen) atoms. The molecule has 1 heterocycles. The highest BCUT2D eigenvalue weighted by atomic mass is 14.9. The summed E-state index contributed by atoms with van der Waals surface area (Å²) in [5, 5.41) is 3.18. The van der Waals surface area contributed by atoms with Crippen LogP contribution in [-0.2, 0) is 0 Å². The van der Waals surface area contributed by atoms with E-state index in [0.717, 1.165) is 11.4 Å². The number of aromatic nitrogens is 1. The van der Waals surface area contributed by atoms with Crippen LogP contribution in [0.2, 0.25) is 0 Å². The molecule has 3 heteroatoms. The number of anilines is 3. The Balaban J connectivity index is 2.24. The molecular weight excluding hydrogens is 174 g/mol. The molecule has 0 aliphatic rings. The SMILES string of the molecule is Nc1ccncc1Nc1ccccc1. The lowest BCUT2D eigenvalue weighted by atomic mass is 10.3. The standard InChI is InChI=1S/C11H11N3/c12-10-6-7-13-8-11(10)14-9-4-2-1-3-5-9/h1-8,14H,(H2,12,13). The molecule has 1 aromatic heterocycles. The van der Waals surface area contributed by atoms with Crippen molar-refractivity contribution in [3.8, 4) is 0 Å². The number of nitrogens with zero attached hydrogens (tertiary/aromatic N) is 1. The van der Waals surface area contributed by atoms with E-state index in [9.17, 15) is 0 Å². The molecule has 0 amide bonds. The number of nitrogens with one attached hydrogen (secondary N) is 1. The molecule has 0 unspecified atom stereocenters. The summed E-state index contributed by atoms with van der Waals surface area (Å²) in [5.41, 5.74) is 8.30. The van der Waals surface area contributed by atoms with E-state index in [2.05, 4.69) is 10.3 Å². The summed E-state index contributed by atoms with van der Waals surface area (Å²) < 4.78 is 0. The molecule has 0 aliphatic heterocycles. The van der Waals surface area contributed by atoms with Crippen LogP contribution in [0.25, 0.3) is 0 Å². The van der Waals surface area contributed by atoms with Gasteiger partial charge in [0.25, 0.3) is 0 Å². The van der Waals surface area contributed by atoms with Crippen molar-refractivity contribution in [2.45, 2.75) is 0 Å². The lowest BCUT2D eigenvalue weighted by molar-refractivity contribution is 1.32. The quantitative estimate of drug-likeness (QED) is 0.755. The van der Waals surface area contributed by atoms with Gasteiger partial charge in [0, 0.05) is 11.9 Å². The molecule has 2 aromatic rings. The van der Waals surface area contributed by atoms with E-state index in [1.54, 1.807) is 18.5 Å². The van der Waals surface area contributed by atoms with Gasteiger partial charge in [-0.3, -0.25) is 4.98 Å². The molecule has 3 nitrogen and oxygen atoms in total. The van der Waals surface area contributed by atoms with E-state index in [4.69, 9.17) is 5.73 Å². The lowest BCUT2D eigenvalue weighted by Gasteiger charge is -2.07. The Morgan fingerprint density at radius 2 is 1.86 bits per heavy atom. The van der Waals surface area contributed by atoms with Gasteiger partial charge in [-0.25, -0.2) is 0 Å². The highest BCUT2D eigenvalue weighted by molar-refractivity contribution is 5.70. The van der Waals surface area contributed by atoms with Crippen molar-refractivity contribution in [2.24, 2.45) is 0 Å². The highest BCUT2D eigenvalue weighted by Crippen LogP contribution is 2.20. The summed E-state index contributed by atoms with van der Waals surface area (Å²) >= 11 is 0. The van der Waals surface area contributed by atoms with Gasteiger partial charge in [0.2, 0.25) is 0 Å². The number of hydrogen-bond acceptors (Lipinski definition) is 3. The predicted octanol–water partition coefficient (Wildman–Crippen LogP) is 2.41. The second-order valence-corrected chi connectivity index (χ2v) is 2.95. The number of para-hydroxylation sites is 1. The Hall–Kier alpha value is -2.03. The van der Waals surface area contributed by atoms with E-state index in [1.807, 2.05) is 30.3 Å². The normalized spacial score (nSPS) is 9.71. The van der Waals surface area contributed by atoms with Gasteiger partial charge in [0.15, 0.2) is 0 Å². The molecule has 3 N–H and O–H groups in total. The van der Waals surface area contributed by atoms with Crippen LogP contribution in [-0.4, -0.2) is 4.98 Å². The van der Waals surface area contributed by atoms with Crippen LogP contribution in [0.4, 0.5) is 17.1 Å². The Kier molecular flexibility index (Phi) is 2.32. The van der Waals surface area contributed by atoms with Gasteiger partial charge in [-0.1, -0.05) is 18.2 Å². The third-order valence-corrected chi connectivity index (χ3v) is 1.91. The second kappa shape index (κ2) is 3.79. The molecule has 0 saturated heterocycles. The molecule has 2 rings (SSSR count). The number of rotatable bonds is 2. The fourth-order valence-electron chi connectivity index (χ4n) is 1.19. The van der Waals surface area contributed by atoms with Gasteiger partial charge in [0.05, 0.1) is 17.6 Å². The Bertz CT molecular complexity index is 412. The van der Waals surface area contributed by atoms with Crippen LogP contribution in [0.5, 0.6) is 0 Å². The number of hydrogen-bond donors (Lipinski definition) is 2. The molecule has 0 radical (unpaired) electrons. The third-order valence-electron chi connectivity index (χ3n) is 1.91. The van der Waals surface area contributed by atoms with Crippen molar-refractivity contribution in [2.75, 3.05) is 11.1 Å². The van der Waals surface area contributed by atoms with Crippen molar-refractivity contribution in [3.05, 3.63) is 48.8 Å². The van der Waals surface area contributed by atoms with Crippen molar-refractivity contribution < 1.29 is 0 Å². The maximum Gasteiger partial charge on any atom is 0.0804 e. The molecule has 70 valence electrons. The van der Waals surface area contributed by atoms with Crippen molar-refractivity contribution >= 4 is 17.1 Å². The summed E-state index contributed by atoms with van der Waals surface area (Å²) in [5.74, 6) is 0. The molecule has 0 saturated carbocycles. The van der Waals surface area contributed by atoms with Crippen molar-refractivity contribution in [1.82, 2.24) is 4.98 Å². The van der Waals surface area contributed by atoms with Crippen molar-refractivity contribution in [3.63, 3.8) is 0 Å². The third kappa shape index (κ3) is 1.82. The first-order valence-corrected chi connectivity index (χ1v) is 4.38. The van der Waals surface area contributed by atoms with Crippen LogP contribution in [0, 0.1) is 0 Å². The number of nitrogens with two attached hydrogens (primary N) is 1. The Labute approximate surface area is 82.6 Å². The predicted molar refractivity (Wildman–Crippen MR) is 58.4 cm³/mol. The van der Waals surface area contributed by atoms with E-state index < -0.39 is 0 Å². The zero-order valence-electron chi connectivity index (χ0n) is 7.64. The van der Waals surface area contributed by atoms with E-state index in [-0.39, 0.29) is 0 Å². The van der Waals surface area contributed by atoms with E-state index in [0.29, 0.717) is 5.69 Å². The number of nitrogen functional groups attached to an aromatic ring is 1. The molecule has 0 fully saturated rings. The molecule has 0 aliphatic carbocycles. The van der Waals surface area contributed by atoms with E-state index >= 15 is 0 Å². The molecule has 0 bridgehead atoms. The molecular formula is C11H11N3. The minimum atomic E-state index is 0.698. The van der Waals surface area contributed by atoms with Gasteiger partial charge < -0.3 is 11.1 Å². The van der Waals surface area contributed by atoms with Gasteiger partial charge in [-0.15, -0.1) is 0 Å². The van der Waals surface area contributed by atoms with E-state index in [1.165, 1.54) is 0 Å². The van der Waals surface area contributed by atoms with Crippen LogP contribution >= 0.6 is 0 Å². The first kappa shape index (κ1) is 8.56. The zero-order valence-corrected chi connectivity index (χ0v) is 7.64. The topological polar surface area (TPSA) is 50.9 Å². The summed E-state index contributed by atoms with van der Waals surface area (Å²) in [6.07, 6.45) is 3.38. The average Bonchev–Trinajstić information content (AvgIpc) is 2.23. The summed E-state index contributed by atoms with van der Waals surface area (Å²) in [4.78, 5) is 4.00. The van der Waals surface area contributed by atoms with Gasteiger partial charge in [-0.2, -0.15) is 0 Å². The monoisotopic (exact) mass is 185 g/mol. The first-order chi connectivity index (χ1) is 6.86. The number of pyridine rings is 1. The maximum atomic E-state index is 5.77. The van der Waals surface area contributed by atoms with Crippen LogP contribution in [0.1, 0.15) is 0 Å². The van der Waals surface area contributed by atoms with Gasteiger partial charge >= 0.3 is 0 Å². The van der Waals surface area contributed by atoms with Crippen LogP contribution in [0.3, 0.4) is 0 Å². The van der Waals surface area contributed by atoms with Crippen LogP contribution in [0.15, 0.2) is 48.8 Å². The summed E-state index contributed by atoms with van der Waals surface area (Å²) in [7, 11) is 0. The first-order valence-electron chi connectivity index (χ1n) is 4.38. The smallest absolute Gasteiger partial charge is 0.0804 e. The number of benzene rings is 1. The minimum Gasteiger partial charge on any atom is -0.397 e. The maximum absolute atomic E-state index is 5.77. The Morgan fingerprint density at radius 1 is 1.07 bits per heavy atom. The summed E-state index contributed by atoms with van der Waals surface area (Å²) in [6, 6.07) is 11.6. The highest BCUT2D eigenvalue weighted by Gasteiger charge is 1.97. The molecule has 1 aromatic carbocycles. The average molecular weight is 185 g/mol.